The van der Waals surface area contributed by atoms with Gasteiger partial charge in [-0.3, -0.25) is 4.79 Å². The predicted octanol–water partition coefficient (Wildman–Crippen LogP) is 4.51. The lowest BCUT2D eigenvalue weighted by molar-refractivity contribution is 0.0945. The van der Waals surface area contributed by atoms with E-state index in [1.165, 1.54) is 11.3 Å². The van der Waals surface area contributed by atoms with Crippen LogP contribution in [0.2, 0.25) is 5.02 Å². The first-order valence-corrected chi connectivity index (χ1v) is 9.01. The van der Waals surface area contributed by atoms with E-state index < -0.39 is 0 Å². The number of nitrogens with one attached hydrogen (secondary N) is 2. The van der Waals surface area contributed by atoms with Crippen molar-refractivity contribution in [2.24, 2.45) is 0 Å². The molecule has 5 nitrogen and oxygen atoms in total. The lowest BCUT2D eigenvalue weighted by Crippen LogP contribution is -2.25. The molecule has 0 bridgehead atoms. The molecule has 3 heterocycles. The molecule has 4 aromatic rings. The number of hydrogen-bond donors (Lipinski definition) is 2. The fourth-order valence-corrected chi connectivity index (χ4v) is 3.52. The maximum atomic E-state index is 12.2. The van der Waals surface area contributed by atoms with E-state index in [1.807, 2.05) is 41.9 Å². The van der Waals surface area contributed by atoms with Crippen molar-refractivity contribution in [3.63, 3.8) is 0 Å². The van der Waals surface area contributed by atoms with Crippen molar-refractivity contribution in [2.45, 2.75) is 6.42 Å². The Kier molecular flexibility index (Phi) is 4.29. The summed E-state index contributed by atoms with van der Waals surface area (Å²) in [5.74, 6) is 0.357. The molecule has 7 heteroatoms. The third-order valence-corrected chi connectivity index (χ3v) is 5.04. The summed E-state index contributed by atoms with van der Waals surface area (Å²) in [5.41, 5.74) is 2.42. The van der Waals surface area contributed by atoms with Crippen LogP contribution in [0.1, 0.15) is 16.1 Å². The number of halogens is 1. The normalized spacial score (nSPS) is 11.1. The van der Waals surface area contributed by atoms with E-state index in [1.54, 1.807) is 6.07 Å². The van der Waals surface area contributed by atoms with Gasteiger partial charge in [-0.2, -0.15) is 0 Å². The van der Waals surface area contributed by atoms with E-state index >= 15 is 0 Å². The molecule has 0 saturated carbocycles. The molecular weight excluding hydrogens is 358 g/mol. The van der Waals surface area contributed by atoms with Crippen molar-refractivity contribution in [1.82, 2.24) is 15.5 Å². The largest absolute Gasteiger partial charge is 0.361 e. The molecule has 1 aromatic carbocycles. The Morgan fingerprint density at radius 2 is 2.24 bits per heavy atom. The number of rotatable bonds is 5. The van der Waals surface area contributed by atoms with E-state index in [2.05, 4.69) is 15.5 Å². The van der Waals surface area contributed by atoms with Gasteiger partial charge < -0.3 is 14.8 Å². The van der Waals surface area contributed by atoms with Crippen LogP contribution in [-0.2, 0) is 6.42 Å². The van der Waals surface area contributed by atoms with Crippen LogP contribution in [0.25, 0.3) is 21.5 Å². The van der Waals surface area contributed by atoms with Gasteiger partial charge in [0, 0.05) is 34.7 Å². The number of nitrogens with zero attached hydrogens (tertiary/aromatic N) is 1. The van der Waals surface area contributed by atoms with Crippen molar-refractivity contribution < 1.29 is 9.32 Å². The van der Waals surface area contributed by atoms with E-state index in [0.29, 0.717) is 23.7 Å². The number of amides is 1. The highest BCUT2D eigenvalue weighted by atomic mass is 35.5. The van der Waals surface area contributed by atoms with Gasteiger partial charge in [0.05, 0.1) is 4.88 Å². The SMILES string of the molecule is O=C(NCCc1c[nH]c2ccc(Cl)cc12)c1cc(-c2cccs2)on1. The molecule has 0 atom stereocenters. The summed E-state index contributed by atoms with van der Waals surface area (Å²) in [6, 6.07) is 11.2. The van der Waals surface area contributed by atoms with Gasteiger partial charge in [-0.05, 0) is 41.6 Å². The monoisotopic (exact) mass is 371 g/mol. The first-order valence-electron chi connectivity index (χ1n) is 7.75. The van der Waals surface area contributed by atoms with Crippen LogP contribution in [0.3, 0.4) is 0 Å². The van der Waals surface area contributed by atoms with Crippen molar-refractivity contribution in [1.29, 1.82) is 0 Å². The van der Waals surface area contributed by atoms with E-state index in [9.17, 15) is 4.79 Å². The van der Waals surface area contributed by atoms with Crippen molar-refractivity contribution >= 4 is 39.7 Å². The second-order valence-corrected chi connectivity index (χ2v) is 6.95. The zero-order chi connectivity index (χ0) is 17.2. The van der Waals surface area contributed by atoms with E-state index in [-0.39, 0.29) is 11.6 Å². The Bertz CT molecular complexity index is 1020. The average Bonchev–Trinajstić information content (AvgIpc) is 3.35. The smallest absolute Gasteiger partial charge is 0.273 e. The molecule has 1 amide bonds. The predicted molar refractivity (Wildman–Crippen MR) is 99.2 cm³/mol. The van der Waals surface area contributed by atoms with Crippen molar-refractivity contribution in [2.75, 3.05) is 6.54 Å². The fraction of sp³-hybridized carbons (Fsp3) is 0.111. The highest BCUT2D eigenvalue weighted by Gasteiger charge is 2.14. The van der Waals surface area contributed by atoms with Gasteiger partial charge in [0.2, 0.25) is 0 Å². The third-order valence-electron chi connectivity index (χ3n) is 3.92. The summed E-state index contributed by atoms with van der Waals surface area (Å²) >= 11 is 7.59. The van der Waals surface area contributed by atoms with Crippen LogP contribution in [0, 0.1) is 0 Å². The van der Waals surface area contributed by atoms with Gasteiger partial charge in [0.15, 0.2) is 11.5 Å². The van der Waals surface area contributed by atoms with Gasteiger partial charge in [-0.1, -0.05) is 22.8 Å². The number of benzene rings is 1. The minimum Gasteiger partial charge on any atom is -0.361 e. The highest BCUT2D eigenvalue weighted by molar-refractivity contribution is 7.13. The number of hydrogen-bond acceptors (Lipinski definition) is 4. The molecular formula is C18H14ClN3O2S. The molecule has 3 aromatic heterocycles. The molecule has 25 heavy (non-hydrogen) atoms. The zero-order valence-electron chi connectivity index (χ0n) is 13.1. The first kappa shape index (κ1) is 15.9. The number of H-pyrrole nitrogens is 1. The van der Waals surface area contributed by atoms with Crippen molar-refractivity contribution in [3.05, 3.63) is 64.3 Å². The quantitative estimate of drug-likeness (QED) is 0.542. The van der Waals surface area contributed by atoms with Gasteiger partial charge in [0.1, 0.15) is 0 Å². The number of thiophene rings is 1. The summed E-state index contributed by atoms with van der Waals surface area (Å²) in [4.78, 5) is 16.4. The Hall–Kier alpha value is -2.57. The van der Waals surface area contributed by atoms with Crippen molar-refractivity contribution in [3.8, 4) is 10.6 Å². The number of aromatic nitrogens is 2. The van der Waals surface area contributed by atoms with Crippen LogP contribution in [-0.4, -0.2) is 22.6 Å². The third kappa shape index (κ3) is 3.31. The highest BCUT2D eigenvalue weighted by Crippen LogP contribution is 2.25. The van der Waals surface area contributed by atoms with Gasteiger partial charge in [-0.25, -0.2) is 0 Å². The maximum absolute atomic E-state index is 12.2. The van der Waals surface area contributed by atoms with Crippen LogP contribution >= 0.6 is 22.9 Å². The van der Waals surface area contributed by atoms with Gasteiger partial charge >= 0.3 is 0 Å². The summed E-state index contributed by atoms with van der Waals surface area (Å²) in [7, 11) is 0. The van der Waals surface area contributed by atoms with Crippen LogP contribution in [0.4, 0.5) is 0 Å². The number of carbonyl (C=O) groups is 1. The summed E-state index contributed by atoms with van der Waals surface area (Å²) in [6.45, 7) is 0.499. The summed E-state index contributed by atoms with van der Waals surface area (Å²) < 4.78 is 5.23. The fourth-order valence-electron chi connectivity index (χ4n) is 2.68. The number of fused-ring (bicyclic) bond motifs is 1. The van der Waals surface area contributed by atoms with E-state index in [0.717, 1.165) is 21.3 Å². The van der Waals surface area contributed by atoms with Crippen LogP contribution in [0.15, 0.2) is 52.5 Å². The van der Waals surface area contributed by atoms with Crippen LogP contribution in [0.5, 0.6) is 0 Å². The molecule has 0 aliphatic carbocycles. The molecule has 0 spiro atoms. The Morgan fingerprint density at radius 1 is 1.32 bits per heavy atom. The molecule has 0 fully saturated rings. The summed E-state index contributed by atoms with van der Waals surface area (Å²) in [5, 5.41) is 10.4. The average molecular weight is 372 g/mol. The zero-order valence-corrected chi connectivity index (χ0v) is 14.7. The lowest BCUT2D eigenvalue weighted by atomic mass is 10.1. The second kappa shape index (κ2) is 6.74. The summed E-state index contributed by atoms with van der Waals surface area (Å²) in [6.07, 6.45) is 2.64. The topological polar surface area (TPSA) is 70.9 Å². The molecule has 0 radical (unpaired) electrons. The number of aromatic amines is 1. The molecule has 0 aliphatic heterocycles. The number of carbonyl (C=O) groups excluding carboxylic acids is 1. The molecule has 126 valence electrons. The minimum absolute atomic E-state index is 0.246. The Balaban J connectivity index is 1.39. The Morgan fingerprint density at radius 3 is 3.08 bits per heavy atom. The minimum atomic E-state index is -0.246. The lowest BCUT2D eigenvalue weighted by Gasteiger charge is -2.02. The second-order valence-electron chi connectivity index (χ2n) is 5.56. The maximum Gasteiger partial charge on any atom is 0.273 e. The van der Waals surface area contributed by atoms with Crippen LogP contribution < -0.4 is 5.32 Å². The molecule has 2 N–H and O–H groups in total. The Labute approximate surface area is 152 Å². The standard InChI is InChI=1S/C18H14ClN3O2S/c19-12-3-4-14-13(8-12)11(10-21-14)5-6-20-18(23)15-9-16(24-22-15)17-2-1-7-25-17/h1-4,7-10,21H,5-6H2,(H,20,23). The van der Waals surface area contributed by atoms with Gasteiger partial charge in [-0.15, -0.1) is 11.3 Å². The first-order chi connectivity index (χ1) is 12.2. The molecule has 0 aliphatic rings. The van der Waals surface area contributed by atoms with E-state index in [4.69, 9.17) is 16.1 Å². The molecule has 4 rings (SSSR count). The van der Waals surface area contributed by atoms with Gasteiger partial charge in [0.25, 0.3) is 5.91 Å². The molecule has 0 saturated heterocycles. The molecule has 0 unspecified atom stereocenters.